The number of nitrogens with zero attached hydrogens (tertiary/aromatic N) is 1. The molecule has 0 aliphatic heterocycles. The minimum absolute atomic E-state index is 0.295. The molecule has 112 valence electrons. The van der Waals surface area contributed by atoms with Crippen LogP contribution in [-0.4, -0.2) is 18.0 Å². The second kappa shape index (κ2) is 5.94. The van der Waals surface area contributed by atoms with Crippen molar-refractivity contribution in [2.24, 2.45) is 0 Å². The first-order valence-electron chi connectivity index (χ1n) is 6.59. The molecule has 6 heteroatoms. The van der Waals surface area contributed by atoms with E-state index in [1.165, 1.54) is 18.4 Å². The van der Waals surface area contributed by atoms with Gasteiger partial charge in [-0.25, -0.2) is 4.98 Å². The Morgan fingerprint density at radius 1 is 1.32 bits per heavy atom. The summed E-state index contributed by atoms with van der Waals surface area (Å²) >= 11 is 7.39. The molecular weight excluding hydrogens is 320 g/mol. The van der Waals surface area contributed by atoms with Gasteiger partial charge in [-0.05, 0) is 36.8 Å². The van der Waals surface area contributed by atoms with Gasteiger partial charge in [0.15, 0.2) is 5.13 Å². The smallest absolute Gasteiger partial charge is 0.261 e. The molecular formula is C16H13ClN2O2S. The third-order valence-corrected chi connectivity index (χ3v) is 4.42. The SMILES string of the molecule is COc1ccc(Cl)cc1C(=O)Nc1nc2c(C)cccc2s1. The van der Waals surface area contributed by atoms with Crippen molar-refractivity contribution < 1.29 is 9.53 Å². The first-order chi connectivity index (χ1) is 10.6. The maximum Gasteiger partial charge on any atom is 0.261 e. The number of carbonyl (C=O) groups is 1. The Balaban J connectivity index is 1.93. The number of methoxy groups -OCH3 is 1. The standard InChI is InChI=1S/C16H13ClN2O2S/c1-9-4-3-5-13-14(9)18-16(22-13)19-15(20)11-8-10(17)6-7-12(11)21-2/h3-8H,1-2H3,(H,18,19,20). The highest BCUT2D eigenvalue weighted by molar-refractivity contribution is 7.22. The molecule has 0 unspecified atom stereocenters. The first-order valence-corrected chi connectivity index (χ1v) is 7.79. The van der Waals surface area contributed by atoms with Crippen LogP contribution < -0.4 is 10.1 Å². The van der Waals surface area contributed by atoms with Gasteiger partial charge in [-0.3, -0.25) is 10.1 Å². The van der Waals surface area contributed by atoms with Gasteiger partial charge in [-0.1, -0.05) is 35.1 Å². The zero-order chi connectivity index (χ0) is 15.7. The van der Waals surface area contributed by atoms with E-state index in [4.69, 9.17) is 16.3 Å². The molecule has 4 nitrogen and oxygen atoms in total. The van der Waals surface area contributed by atoms with Crippen LogP contribution in [0.5, 0.6) is 5.75 Å². The summed E-state index contributed by atoms with van der Waals surface area (Å²) in [5.41, 5.74) is 2.36. The minimum Gasteiger partial charge on any atom is -0.496 e. The van der Waals surface area contributed by atoms with Crippen LogP contribution in [0.3, 0.4) is 0 Å². The van der Waals surface area contributed by atoms with Crippen molar-refractivity contribution in [3.8, 4) is 5.75 Å². The molecule has 0 saturated carbocycles. The number of fused-ring (bicyclic) bond motifs is 1. The number of aryl methyl sites for hydroxylation is 1. The van der Waals surface area contributed by atoms with E-state index in [0.29, 0.717) is 21.5 Å². The fourth-order valence-corrected chi connectivity index (χ4v) is 3.27. The van der Waals surface area contributed by atoms with Gasteiger partial charge in [0, 0.05) is 5.02 Å². The Morgan fingerprint density at radius 3 is 2.86 bits per heavy atom. The van der Waals surface area contributed by atoms with E-state index >= 15 is 0 Å². The number of carbonyl (C=O) groups excluding carboxylic acids is 1. The molecule has 3 aromatic rings. The number of ether oxygens (including phenoxy) is 1. The van der Waals surface area contributed by atoms with Crippen LogP contribution in [0.4, 0.5) is 5.13 Å². The van der Waals surface area contributed by atoms with Gasteiger partial charge in [0.2, 0.25) is 0 Å². The molecule has 3 rings (SSSR count). The second-order valence-electron chi connectivity index (χ2n) is 4.74. The van der Waals surface area contributed by atoms with Gasteiger partial charge in [-0.2, -0.15) is 0 Å². The van der Waals surface area contributed by atoms with Crippen LogP contribution in [0.2, 0.25) is 5.02 Å². The number of anilines is 1. The molecule has 0 bridgehead atoms. The minimum atomic E-state index is -0.295. The van der Waals surface area contributed by atoms with Gasteiger partial charge in [-0.15, -0.1) is 0 Å². The lowest BCUT2D eigenvalue weighted by atomic mass is 10.2. The van der Waals surface area contributed by atoms with Gasteiger partial charge < -0.3 is 4.74 Å². The van der Waals surface area contributed by atoms with Gasteiger partial charge >= 0.3 is 0 Å². The van der Waals surface area contributed by atoms with Crippen molar-refractivity contribution in [2.75, 3.05) is 12.4 Å². The third kappa shape index (κ3) is 2.77. The number of para-hydroxylation sites is 1. The summed E-state index contributed by atoms with van der Waals surface area (Å²) in [5.74, 6) is 0.176. The van der Waals surface area contributed by atoms with Crippen LogP contribution in [0.1, 0.15) is 15.9 Å². The summed E-state index contributed by atoms with van der Waals surface area (Å²) in [6, 6.07) is 10.9. The van der Waals surface area contributed by atoms with Gasteiger partial charge in [0.25, 0.3) is 5.91 Å². The molecule has 0 radical (unpaired) electrons. The predicted octanol–water partition coefficient (Wildman–Crippen LogP) is 4.52. The monoisotopic (exact) mass is 332 g/mol. The molecule has 0 saturated heterocycles. The van der Waals surface area contributed by atoms with Crippen molar-refractivity contribution in [2.45, 2.75) is 6.92 Å². The van der Waals surface area contributed by atoms with Crippen molar-refractivity contribution in [3.05, 3.63) is 52.5 Å². The Hall–Kier alpha value is -2.11. The molecule has 1 heterocycles. The summed E-state index contributed by atoms with van der Waals surface area (Å²) < 4.78 is 6.24. The van der Waals surface area contributed by atoms with E-state index in [1.807, 2.05) is 25.1 Å². The number of nitrogens with one attached hydrogen (secondary N) is 1. The fraction of sp³-hybridized carbons (Fsp3) is 0.125. The maximum absolute atomic E-state index is 12.4. The maximum atomic E-state index is 12.4. The summed E-state index contributed by atoms with van der Waals surface area (Å²) in [5, 5.41) is 3.84. The van der Waals surface area contributed by atoms with E-state index < -0.39 is 0 Å². The van der Waals surface area contributed by atoms with E-state index in [0.717, 1.165) is 15.8 Å². The fourth-order valence-electron chi connectivity index (χ4n) is 2.16. The molecule has 1 aromatic heterocycles. The van der Waals surface area contributed by atoms with E-state index in [2.05, 4.69) is 10.3 Å². The van der Waals surface area contributed by atoms with Crippen LogP contribution >= 0.6 is 22.9 Å². The summed E-state index contributed by atoms with van der Waals surface area (Å²) in [4.78, 5) is 16.9. The lowest BCUT2D eigenvalue weighted by Crippen LogP contribution is -2.13. The van der Waals surface area contributed by atoms with E-state index in [9.17, 15) is 4.79 Å². The molecule has 0 spiro atoms. The molecule has 0 aliphatic carbocycles. The number of amides is 1. The van der Waals surface area contributed by atoms with E-state index in [1.54, 1.807) is 18.2 Å². The quantitative estimate of drug-likeness (QED) is 0.767. The van der Waals surface area contributed by atoms with Crippen LogP contribution in [0.25, 0.3) is 10.2 Å². The highest BCUT2D eigenvalue weighted by Crippen LogP contribution is 2.29. The highest BCUT2D eigenvalue weighted by Gasteiger charge is 2.15. The van der Waals surface area contributed by atoms with Crippen LogP contribution in [0.15, 0.2) is 36.4 Å². The van der Waals surface area contributed by atoms with Crippen molar-refractivity contribution >= 4 is 44.2 Å². The molecule has 0 aliphatic rings. The second-order valence-corrected chi connectivity index (χ2v) is 6.21. The van der Waals surface area contributed by atoms with Gasteiger partial charge in [0.1, 0.15) is 5.75 Å². The Bertz CT molecular complexity index is 860. The Labute approximate surface area is 136 Å². The molecule has 2 aromatic carbocycles. The zero-order valence-electron chi connectivity index (χ0n) is 12.0. The average Bonchev–Trinajstić information content (AvgIpc) is 2.91. The molecule has 1 N–H and O–H groups in total. The van der Waals surface area contributed by atoms with Gasteiger partial charge in [0.05, 0.1) is 22.9 Å². The zero-order valence-corrected chi connectivity index (χ0v) is 13.6. The first kappa shape index (κ1) is 14.8. The molecule has 22 heavy (non-hydrogen) atoms. The Morgan fingerprint density at radius 2 is 2.14 bits per heavy atom. The van der Waals surface area contributed by atoms with Crippen LogP contribution in [0, 0.1) is 6.92 Å². The predicted molar refractivity (Wildman–Crippen MR) is 90.3 cm³/mol. The average molecular weight is 333 g/mol. The number of hydrogen-bond donors (Lipinski definition) is 1. The highest BCUT2D eigenvalue weighted by atomic mass is 35.5. The number of halogens is 1. The number of rotatable bonds is 3. The molecule has 0 fully saturated rings. The van der Waals surface area contributed by atoms with Crippen molar-refractivity contribution in [1.29, 1.82) is 0 Å². The summed E-state index contributed by atoms with van der Waals surface area (Å²) in [6.07, 6.45) is 0. The molecule has 1 amide bonds. The van der Waals surface area contributed by atoms with E-state index in [-0.39, 0.29) is 5.91 Å². The van der Waals surface area contributed by atoms with Crippen molar-refractivity contribution in [1.82, 2.24) is 4.98 Å². The van der Waals surface area contributed by atoms with Crippen LogP contribution in [-0.2, 0) is 0 Å². The number of aromatic nitrogens is 1. The normalized spacial score (nSPS) is 10.7. The number of benzene rings is 2. The topological polar surface area (TPSA) is 51.2 Å². The Kier molecular flexibility index (Phi) is 4.00. The largest absolute Gasteiger partial charge is 0.496 e. The lowest BCUT2D eigenvalue weighted by molar-refractivity contribution is 0.102. The molecule has 0 atom stereocenters. The third-order valence-electron chi connectivity index (χ3n) is 3.25. The van der Waals surface area contributed by atoms with Crippen molar-refractivity contribution in [3.63, 3.8) is 0 Å². The number of thiazole rings is 1. The number of hydrogen-bond acceptors (Lipinski definition) is 4. The summed E-state index contributed by atoms with van der Waals surface area (Å²) in [7, 11) is 1.51. The lowest BCUT2D eigenvalue weighted by Gasteiger charge is -2.08. The summed E-state index contributed by atoms with van der Waals surface area (Å²) in [6.45, 7) is 1.99.